The van der Waals surface area contributed by atoms with Crippen LogP contribution in [0.3, 0.4) is 0 Å². The van der Waals surface area contributed by atoms with Gasteiger partial charge < -0.3 is 9.30 Å². The lowest BCUT2D eigenvalue weighted by molar-refractivity contribution is 0.415. The lowest BCUT2D eigenvalue weighted by atomic mass is 10.2. The van der Waals surface area contributed by atoms with Crippen LogP contribution in [-0.4, -0.2) is 21.9 Å². The predicted molar refractivity (Wildman–Crippen MR) is 98.7 cm³/mol. The van der Waals surface area contributed by atoms with E-state index in [1.54, 1.807) is 18.9 Å². The van der Waals surface area contributed by atoms with E-state index < -0.39 is 0 Å². The summed E-state index contributed by atoms with van der Waals surface area (Å²) in [5.41, 5.74) is 2.12. The van der Waals surface area contributed by atoms with Crippen molar-refractivity contribution < 1.29 is 4.74 Å². The summed E-state index contributed by atoms with van der Waals surface area (Å²) < 4.78 is 7.32. The van der Waals surface area contributed by atoms with E-state index in [-0.39, 0.29) is 0 Å². The maximum atomic E-state index is 6.23. The molecule has 0 aliphatic heterocycles. The van der Waals surface area contributed by atoms with Gasteiger partial charge in [-0.05, 0) is 42.8 Å². The van der Waals surface area contributed by atoms with Crippen molar-refractivity contribution >= 4 is 23.4 Å². The molecule has 124 valence electrons. The molecule has 0 aliphatic carbocycles. The molecule has 4 nitrogen and oxygen atoms in total. The van der Waals surface area contributed by atoms with Crippen molar-refractivity contribution in [2.75, 3.05) is 7.11 Å². The van der Waals surface area contributed by atoms with Crippen LogP contribution in [0.5, 0.6) is 5.75 Å². The van der Waals surface area contributed by atoms with Crippen molar-refractivity contribution in [2.45, 2.75) is 24.4 Å². The van der Waals surface area contributed by atoms with E-state index in [1.165, 1.54) is 0 Å². The Morgan fingerprint density at radius 3 is 2.50 bits per heavy atom. The third-order valence-corrected chi connectivity index (χ3v) is 5.08. The fraction of sp³-hybridized carbons (Fsp3) is 0.222. The SMILES string of the molecule is CCn1c(SCc2ccccc2Cl)nnc1-c1ccc(OC)cc1. The molecule has 3 rings (SSSR count). The molecule has 0 N–H and O–H groups in total. The molecule has 0 aliphatic rings. The van der Waals surface area contributed by atoms with Crippen LogP contribution in [0.2, 0.25) is 5.02 Å². The molecule has 0 fully saturated rings. The third-order valence-electron chi connectivity index (χ3n) is 3.70. The predicted octanol–water partition coefficient (Wildman–Crippen LogP) is 4.92. The average Bonchev–Trinajstić information content (AvgIpc) is 3.04. The van der Waals surface area contributed by atoms with Gasteiger partial charge in [-0.2, -0.15) is 0 Å². The molecule has 0 saturated carbocycles. The van der Waals surface area contributed by atoms with Gasteiger partial charge >= 0.3 is 0 Å². The molecule has 6 heteroatoms. The van der Waals surface area contributed by atoms with E-state index in [0.29, 0.717) is 0 Å². The molecule has 0 saturated heterocycles. The van der Waals surface area contributed by atoms with E-state index >= 15 is 0 Å². The summed E-state index contributed by atoms with van der Waals surface area (Å²) in [6.45, 7) is 2.90. The molecule has 2 aromatic carbocycles. The van der Waals surface area contributed by atoms with Gasteiger partial charge in [-0.15, -0.1) is 10.2 Å². The monoisotopic (exact) mass is 359 g/mol. The first kappa shape index (κ1) is 16.9. The van der Waals surface area contributed by atoms with Crippen LogP contribution in [0.1, 0.15) is 12.5 Å². The highest BCUT2D eigenvalue weighted by molar-refractivity contribution is 7.98. The van der Waals surface area contributed by atoms with Gasteiger partial charge in [-0.25, -0.2) is 0 Å². The number of halogens is 1. The van der Waals surface area contributed by atoms with Crippen molar-refractivity contribution in [3.63, 3.8) is 0 Å². The zero-order chi connectivity index (χ0) is 16.9. The van der Waals surface area contributed by atoms with Crippen LogP contribution in [0.4, 0.5) is 0 Å². The van der Waals surface area contributed by atoms with Crippen LogP contribution in [0, 0.1) is 0 Å². The van der Waals surface area contributed by atoms with Gasteiger partial charge in [0.1, 0.15) is 5.75 Å². The van der Waals surface area contributed by atoms with E-state index in [4.69, 9.17) is 16.3 Å². The number of thioether (sulfide) groups is 1. The van der Waals surface area contributed by atoms with Crippen LogP contribution < -0.4 is 4.74 Å². The standard InChI is InChI=1S/C18H18ClN3OS/c1-3-22-17(13-8-10-15(23-2)11-9-13)20-21-18(22)24-12-14-6-4-5-7-16(14)19/h4-11H,3,12H2,1-2H3. The summed E-state index contributed by atoms with van der Waals surface area (Å²) >= 11 is 7.87. The van der Waals surface area contributed by atoms with Gasteiger partial charge in [0.25, 0.3) is 0 Å². The first-order chi connectivity index (χ1) is 11.7. The molecule has 1 aromatic heterocycles. The molecule has 0 atom stereocenters. The van der Waals surface area contributed by atoms with Gasteiger partial charge in [0.2, 0.25) is 0 Å². The molecule has 0 amide bonds. The number of rotatable bonds is 6. The van der Waals surface area contributed by atoms with Crippen molar-refractivity contribution in [3.05, 3.63) is 59.1 Å². The Morgan fingerprint density at radius 2 is 1.83 bits per heavy atom. The Bertz CT molecular complexity index is 817. The number of aromatic nitrogens is 3. The minimum atomic E-state index is 0.764. The molecule has 1 heterocycles. The van der Waals surface area contributed by atoms with E-state index in [1.807, 2.05) is 48.5 Å². The Morgan fingerprint density at radius 1 is 1.08 bits per heavy atom. The van der Waals surface area contributed by atoms with Crippen molar-refractivity contribution in [3.8, 4) is 17.1 Å². The topological polar surface area (TPSA) is 39.9 Å². The first-order valence-electron chi connectivity index (χ1n) is 7.66. The molecule has 0 unspecified atom stereocenters. The quantitative estimate of drug-likeness (QED) is 0.586. The molecule has 0 radical (unpaired) electrons. The van der Waals surface area contributed by atoms with Crippen LogP contribution in [0.15, 0.2) is 53.7 Å². The van der Waals surface area contributed by atoms with Gasteiger partial charge in [0.15, 0.2) is 11.0 Å². The normalized spacial score (nSPS) is 10.8. The van der Waals surface area contributed by atoms with E-state index in [2.05, 4.69) is 21.7 Å². The van der Waals surface area contributed by atoms with Crippen molar-refractivity contribution in [1.29, 1.82) is 0 Å². The van der Waals surface area contributed by atoms with Gasteiger partial charge in [0, 0.05) is 22.9 Å². The third kappa shape index (κ3) is 3.57. The summed E-state index contributed by atoms with van der Waals surface area (Å²) in [6, 6.07) is 15.7. The minimum absolute atomic E-state index is 0.764. The highest BCUT2D eigenvalue weighted by Crippen LogP contribution is 2.29. The maximum Gasteiger partial charge on any atom is 0.191 e. The highest BCUT2D eigenvalue weighted by Gasteiger charge is 2.13. The molecule has 24 heavy (non-hydrogen) atoms. The van der Waals surface area contributed by atoms with Gasteiger partial charge in [-0.3, -0.25) is 0 Å². The second-order valence-electron chi connectivity index (χ2n) is 5.16. The minimum Gasteiger partial charge on any atom is -0.497 e. The second kappa shape index (κ2) is 7.73. The number of nitrogens with zero attached hydrogens (tertiary/aromatic N) is 3. The van der Waals surface area contributed by atoms with Crippen molar-refractivity contribution in [2.24, 2.45) is 0 Å². The lowest BCUT2D eigenvalue weighted by Gasteiger charge is -2.08. The summed E-state index contributed by atoms with van der Waals surface area (Å²) in [6.07, 6.45) is 0. The average molecular weight is 360 g/mol. The highest BCUT2D eigenvalue weighted by atomic mass is 35.5. The molecular formula is C18H18ClN3OS. The van der Waals surface area contributed by atoms with E-state index in [9.17, 15) is 0 Å². The zero-order valence-electron chi connectivity index (χ0n) is 13.6. The summed E-state index contributed by atoms with van der Waals surface area (Å²) in [7, 11) is 1.66. The van der Waals surface area contributed by atoms with Crippen LogP contribution in [-0.2, 0) is 12.3 Å². The van der Waals surface area contributed by atoms with Crippen LogP contribution in [0.25, 0.3) is 11.4 Å². The molecule has 3 aromatic rings. The summed E-state index contributed by atoms with van der Waals surface area (Å²) in [4.78, 5) is 0. The van der Waals surface area contributed by atoms with Gasteiger partial charge in [-0.1, -0.05) is 41.6 Å². The number of ether oxygens (including phenoxy) is 1. The fourth-order valence-electron chi connectivity index (χ4n) is 2.39. The number of hydrogen-bond donors (Lipinski definition) is 0. The first-order valence-corrected chi connectivity index (χ1v) is 9.03. The Balaban J connectivity index is 1.82. The number of hydrogen-bond acceptors (Lipinski definition) is 4. The lowest BCUT2D eigenvalue weighted by Crippen LogP contribution is -2.00. The number of benzene rings is 2. The van der Waals surface area contributed by atoms with E-state index in [0.717, 1.165) is 45.2 Å². The zero-order valence-corrected chi connectivity index (χ0v) is 15.1. The molecular weight excluding hydrogens is 342 g/mol. The number of methoxy groups -OCH3 is 1. The molecule has 0 spiro atoms. The van der Waals surface area contributed by atoms with Gasteiger partial charge in [0.05, 0.1) is 7.11 Å². The maximum absolute atomic E-state index is 6.23. The largest absolute Gasteiger partial charge is 0.497 e. The summed E-state index contributed by atoms with van der Waals surface area (Å²) in [5, 5.41) is 10.4. The van der Waals surface area contributed by atoms with Crippen LogP contribution >= 0.6 is 23.4 Å². The molecule has 0 bridgehead atoms. The Labute approximate surface area is 150 Å². The second-order valence-corrected chi connectivity index (χ2v) is 6.51. The fourth-order valence-corrected chi connectivity index (χ4v) is 3.68. The Hall–Kier alpha value is -1.98. The van der Waals surface area contributed by atoms with Crippen molar-refractivity contribution in [1.82, 2.24) is 14.8 Å². The summed E-state index contributed by atoms with van der Waals surface area (Å²) in [5.74, 6) is 2.46. The Kier molecular flexibility index (Phi) is 5.43. The smallest absolute Gasteiger partial charge is 0.191 e.